The molecule has 0 bridgehead atoms. The Morgan fingerprint density at radius 3 is 2.50 bits per heavy atom. The molecule has 1 nitrogen and oxygen atoms in total. The van der Waals surface area contributed by atoms with Gasteiger partial charge in [0.25, 0.3) is 0 Å². The second kappa shape index (κ2) is 4.10. The molecule has 0 rings (SSSR count). The van der Waals surface area contributed by atoms with Crippen LogP contribution in [0.4, 0.5) is 4.39 Å². The summed E-state index contributed by atoms with van der Waals surface area (Å²) >= 11 is 5.05. The van der Waals surface area contributed by atoms with Crippen molar-refractivity contribution in [2.24, 2.45) is 0 Å². The van der Waals surface area contributed by atoms with Crippen molar-refractivity contribution in [2.45, 2.75) is 25.6 Å². The molecule has 2 atom stereocenters. The van der Waals surface area contributed by atoms with Crippen LogP contribution in [0, 0.1) is 5.88 Å². The maximum absolute atomic E-state index is 11.9. The van der Waals surface area contributed by atoms with E-state index in [2.05, 4.69) is 0 Å². The minimum absolute atomic E-state index is 0.0868. The fourth-order valence-electron chi connectivity index (χ4n) is 0.384. The third-order valence-electron chi connectivity index (χ3n) is 0.712. The summed E-state index contributed by atoms with van der Waals surface area (Å²) in [5, 5.41) is 8.60. The molecule has 1 N–H and O–H groups in total. The summed E-state index contributed by atoms with van der Waals surface area (Å²) in [5.74, 6) is 1.05. The maximum Gasteiger partial charge on any atom is 0.0998 e. The van der Waals surface area contributed by atoms with E-state index in [-0.39, 0.29) is 6.42 Å². The Morgan fingerprint density at radius 2 is 2.38 bits per heavy atom. The van der Waals surface area contributed by atoms with Gasteiger partial charge >= 0.3 is 0 Å². The lowest BCUT2D eigenvalue weighted by atomic mass is 10.2. The van der Waals surface area contributed by atoms with Gasteiger partial charge < -0.3 is 5.11 Å². The van der Waals surface area contributed by atoms with E-state index in [0.29, 0.717) is 0 Å². The van der Waals surface area contributed by atoms with Crippen LogP contribution < -0.4 is 0 Å². The number of hydrogen-bond acceptors (Lipinski definition) is 1. The van der Waals surface area contributed by atoms with E-state index in [0.717, 1.165) is 5.88 Å². The van der Waals surface area contributed by atoms with Gasteiger partial charge in [-0.3, -0.25) is 0 Å². The molecule has 0 aromatic carbocycles. The number of hydrogen-bond donors (Lipinski definition) is 1. The molecule has 0 saturated carbocycles. The number of aliphatic hydroxyl groups excluding tert-OH is 1. The smallest absolute Gasteiger partial charge is 0.0998 e. The van der Waals surface area contributed by atoms with E-state index in [1.807, 2.05) is 0 Å². The largest absolute Gasteiger partial charge is 0.391 e. The van der Waals surface area contributed by atoms with E-state index in [1.165, 1.54) is 6.92 Å². The van der Waals surface area contributed by atoms with Gasteiger partial charge in [-0.25, -0.2) is 4.39 Å². The van der Waals surface area contributed by atoms with Crippen LogP contribution in [0.5, 0.6) is 0 Å². The molecule has 0 aromatic heterocycles. The molecule has 0 fully saturated rings. The quantitative estimate of drug-likeness (QED) is 0.628. The molecule has 0 amide bonds. The van der Waals surface area contributed by atoms with E-state index in [4.69, 9.17) is 16.7 Å². The van der Waals surface area contributed by atoms with Gasteiger partial charge in [-0.2, -0.15) is 0 Å². The first-order chi connectivity index (χ1) is 3.66. The van der Waals surface area contributed by atoms with Crippen molar-refractivity contribution in [2.75, 3.05) is 0 Å². The first kappa shape index (κ1) is 8.18. The third kappa shape index (κ3) is 4.34. The predicted octanol–water partition coefficient (Wildman–Crippen LogP) is 1.50. The molecule has 3 heteroatoms. The van der Waals surface area contributed by atoms with Crippen molar-refractivity contribution in [1.82, 2.24) is 0 Å². The van der Waals surface area contributed by atoms with Crippen molar-refractivity contribution < 1.29 is 9.50 Å². The molecule has 0 aliphatic carbocycles. The standard InChI is InChI=1S/C5H9ClFO/c1-4(7)2-5(8)3-6/h3-5,8H,2H2,1H3. The fraction of sp³-hybridized carbons (Fsp3) is 0.800. The Kier molecular flexibility index (Phi) is 4.19. The molecule has 8 heavy (non-hydrogen) atoms. The highest BCUT2D eigenvalue weighted by molar-refractivity contribution is 6.23. The first-order valence-electron chi connectivity index (χ1n) is 2.42. The van der Waals surface area contributed by atoms with Crippen LogP contribution in [0.25, 0.3) is 0 Å². The number of rotatable bonds is 3. The Hall–Kier alpha value is 0.180. The topological polar surface area (TPSA) is 20.2 Å². The zero-order valence-electron chi connectivity index (χ0n) is 4.64. The minimum Gasteiger partial charge on any atom is -0.391 e. The summed E-state index contributed by atoms with van der Waals surface area (Å²) in [5.41, 5.74) is 0. The summed E-state index contributed by atoms with van der Waals surface area (Å²) in [6.45, 7) is 1.38. The van der Waals surface area contributed by atoms with Crippen LogP contribution in [0.3, 0.4) is 0 Å². The van der Waals surface area contributed by atoms with E-state index < -0.39 is 12.3 Å². The second-order valence-electron chi connectivity index (χ2n) is 1.71. The third-order valence-corrected chi connectivity index (χ3v) is 1.00. The van der Waals surface area contributed by atoms with Crippen LogP contribution in [-0.2, 0) is 0 Å². The molecule has 49 valence electrons. The molecule has 0 aliphatic rings. The number of alkyl halides is 1. The van der Waals surface area contributed by atoms with E-state index >= 15 is 0 Å². The van der Waals surface area contributed by atoms with E-state index in [9.17, 15) is 4.39 Å². The molecule has 0 heterocycles. The molecular formula is C5H9ClFO. The van der Waals surface area contributed by atoms with E-state index in [1.54, 1.807) is 0 Å². The summed E-state index contributed by atoms with van der Waals surface area (Å²) < 4.78 is 11.9. The second-order valence-corrected chi connectivity index (χ2v) is 1.96. The first-order valence-corrected chi connectivity index (χ1v) is 2.86. The molecular weight excluding hydrogens is 131 g/mol. The zero-order chi connectivity index (χ0) is 6.57. The Balaban J connectivity index is 3.10. The van der Waals surface area contributed by atoms with Gasteiger partial charge in [0, 0.05) is 6.42 Å². The summed E-state index contributed by atoms with van der Waals surface area (Å²) in [7, 11) is 0. The minimum atomic E-state index is -0.986. The summed E-state index contributed by atoms with van der Waals surface area (Å²) in [4.78, 5) is 0. The van der Waals surface area contributed by atoms with Gasteiger partial charge in [0.15, 0.2) is 0 Å². The molecule has 0 aliphatic heterocycles. The fourth-order valence-corrected chi connectivity index (χ4v) is 0.487. The average molecular weight is 140 g/mol. The Bertz CT molecular complexity index is 58.4. The lowest BCUT2D eigenvalue weighted by Crippen LogP contribution is -2.09. The molecule has 0 spiro atoms. The van der Waals surface area contributed by atoms with Gasteiger partial charge in [0.2, 0.25) is 0 Å². The zero-order valence-corrected chi connectivity index (χ0v) is 5.40. The number of halogens is 2. The Labute approximate surface area is 53.5 Å². The summed E-state index contributed by atoms with van der Waals surface area (Å²) in [6, 6.07) is 0. The van der Waals surface area contributed by atoms with Gasteiger partial charge in [-0.05, 0) is 6.92 Å². The average Bonchev–Trinajstić information content (AvgIpc) is 1.65. The predicted molar refractivity (Wildman–Crippen MR) is 31.3 cm³/mol. The summed E-state index contributed by atoms with van der Waals surface area (Å²) in [6.07, 6.45) is -1.71. The highest BCUT2D eigenvalue weighted by atomic mass is 35.5. The van der Waals surface area contributed by atoms with Crippen LogP contribution in [-0.4, -0.2) is 17.4 Å². The monoisotopic (exact) mass is 139 g/mol. The van der Waals surface area contributed by atoms with Crippen LogP contribution in [0.2, 0.25) is 0 Å². The van der Waals surface area contributed by atoms with Gasteiger partial charge in [0.1, 0.15) is 0 Å². The van der Waals surface area contributed by atoms with Crippen molar-refractivity contribution >= 4 is 11.6 Å². The normalized spacial score (nSPS) is 18.0. The molecule has 2 unspecified atom stereocenters. The highest BCUT2D eigenvalue weighted by Gasteiger charge is 2.06. The van der Waals surface area contributed by atoms with Gasteiger partial charge in [-0.1, -0.05) is 0 Å². The maximum atomic E-state index is 11.9. The van der Waals surface area contributed by atoms with Gasteiger partial charge in [-0.15, -0.1) is 11.6 Å². The number of aliphatic hydroxyl groups is 1. The highest BCUT2D eigenvalue weighted by Crippen LogP contribution is 2.05. The molecule has 1 radical (unpaired) electrons. The molecule has 0 aromatic rings. The van der Waals surface area contributed by atoms with Crippen molar-refractivity contribution in [3.8, 4) is 0 Å². The van der Waals surface area contributed by atoms with Crippen molar-refractivity contribution in [3.63, 3.8) is 0 Å². The Morgan fingerprint density at radius 1 is 1.88 bits per heavy atom. The van der Waals surface area contributed by atoms with Gasteiger partial charge in [0.05, 0.1) is 18.2 Å². The lowest BCUT2D eigenvalue weighted by molar-refractivity contribution is 0.165. The van der Waals surface area contributed by atoms with Crippen LogP contribution in [0.1, 0.15) is 13.3 Å². The van der Waals surface area contributed by atoms with Crippen molar-refractivity contribution in [1.29, 1.82) is 0 Å². The van der Waals surface area contributed by atoms with Crippen LogP contribution in [0.15, 0.2) is 0 Å². The van der Waals surface area contributed by atoms with Crippen LogP contribution >= 0.6 is 11.6 Å². The SMILES string of the molecule is CC(F)CC(O)[CH]Cl. The lowest BCUT2D eigenvalue weighted by Gasteiger charge is -2.04. The van der Waals surface area contributed by atoms with Crippen molar-refractivity contribution in [3.05, 3.63) is 5.88 Å². The molecule has 0 saturated heterocycles.